The normalized spacial score (nSPS) is 10.2. The van der Waals surface area contributed by atoms with Crippen LogP contribution in [0.25, 0.3) is 0 Å². The predicted octanol–water partition coefficient (Wildman–Crippen LogP) is 3.09. The zero-order valence-electron chi connectivity index (χ0n) is 10.1. The third kappa shape index (κ3) is 3.69. The summed E-state index contributed by atoms with van der Waals surface area (Å²) in [6.07, 6.45) is 4.35. The summed E-state index contributed by atoms with van der Waals surface area (Å²) in [7, 11) is 0. The maximum Gasteiger partial charge on any atom is 0.335 e. The first-order valence-corrected chi connectivity index (χ1v) is 6.20. The molecule has 98 valence electrons. The molecule has 0 bridgehead atoms. The van der Waals surface area contributed by atoms with Gasteiger partial charge in [0.2, 0.25) is 0 Å². The van der Waals surface area contributed by atoms with E-state index in [9.17, 15) is 4.79 Å². The second-order valence-electron chi connectivity index (χ2n) is 4.03. The van der Waals surface area contributed by atoms with Gasteiger partial charge in [-0.15, -0.1) is 0 Å². The predicted molar refractivity (Wildman–Crippen MR) is 74.8 cm³/mol. The summed E-state index contributed by atoms with van der Waals surface area (Å²) >= 11 is 6.02. The van der Waals surface area contributed by atoms with Crippen LogP contribution in [0.3, 0.4) is 0 Å². The van der Waals surface area contributed by atoms with Gasteiger partial charge in [0, 0.05) is 18.9 Å². The van der Waals surface area contributed by atoms with Crippen molar-refractivity contribution in [2.45, 2.75) is 6.42 Å². The smallest absolute Gasteiger partial charge is 0.335 e. The maximum absolute atomic E-state index is 10.8. The zero-order valence-corrected chi connectivity index (χ0v) is 10.9. The van der Waals surface area contributed by atoms with Crippen molar-refractivity contribution in [2.24, 2.45) is 0 Å². The fraction of sp³-hybridized carbons (Fsp3) is 0.143. The van der Waals surface area contributed by atoms with E-state index in [1.54, 1.807) is 18.5 Å². The van der Waals surface area contributed by atoms with Gasteiger partial charge < -0.3 is 10.4 Å². The maximum atomic E-state index is 10.8. The van der Waals surface area contributed by atoms with E-state index in [1.807, 2.05) is 12.1 Å². The number of carbonyl (C=O) groups is 1. The van der Waals surface area contributed by atoms with Gasteiger partial charge in [-0.2, -0.15) is 0 Å². The molecule has 4 nitrogen and oxygen atoms in total. The van der Waals surface area contributed by atoms with Crippen molar-refractivity contribution in [3.8, 4) is 0 Å². The Labute approximate surface area is 116 Å². The molecule has 1 aromatic heterocycles. The van der Waals surface area contributed by atoms with Crippen molar-refractivity contribution in [1.29, 1.82) is 0 Å². The second-order valence-corrected chi connectivity index (χ2v) is 4.44. The molecule has 0 saturated carbocycles. The van der Waals surface area contributed by atoms with Gasteiger partial charge in [-0.3, -0.25) is 4.98 Å². The molecule has 1 heterocycles. The molecule has 0 fully saturated rings. The third-order valence-corrected chi connectivity index (χ3v) is 3.01. The molecule has 2 rings (SSSR count). The molecule has 2 N–H and O–H groups in total. The van der Waals surface area contributed by atoms with Gasteiger partial charge in [0.15, 0.2) is 0 Å². The lowest BCUT2D eigenvalue weighted by Crippen LogP contribution is -2.06. The fourth-order valence-corrected chi connectivity index (χ4v) is 1.93. The molecule has 0 amide bonds. The highest BCUT2D eigenvalue weighted by Crippen LogP contribution is 2.23. The Hall–Kier alpha value is -2.07. The highest BCUT2D eigenvalue weighted by Gasteiger charge is 2.06. The Bertz CT molecular complexity index is 573. The number of pyridine rings is 1. The molecule has 0 spiro atoms. The van der Waals surface area contributed by atoms with Crippen LogP contribution in [0.15, 0.2) is 42.7 Å². The Morgan fingerprint density at radius 2 is 2.00 bits per heavy atom. The SMILES string of the molecule is O=C(O)c1ccc(NCCc2ccncc2)c(Cl)c1. The topological polar surface area (TPSA) is 62.2 Å². The number of halogens is 1. The van der Waals surface area contributed by atoms with E-state index in [0.29, 0.717) is 5.02 Å². The molecule has 2 aromatic rings. The molecule has 0 saturated heterocycles. The number of hydrogen-bond donors (Lipinski definition) is 2. The number of aromatic nitrogens is 1. The van der Waals surface area contributed by atoms with Gasteiger partial charge in [-0.1, -0.05) is 11.6 Å². The quantitative estimate of drug-likeness (QED) is 0.881. The van der Waals surface area contributed by atoms with Crippen LogP contribution in [-0.4, -0.2) is 22.6 Å². The number of aromatic carboxylic acids is 1. The van der Waals surface area contributed by atoms with E-state index in [0.717, 1.165) is 18.7 Å². The first kappa shape index (κ1) is 13.4. The van der Waals surface area contributed by atoms with E-state index in [-0.39, 0.29) is 5.56 Å². The molecule has 5 heteroatoms. The number of nitrogens with zero attached hydrogens (tertiary/aromatic N) is 1. The summed E-state index contributed by atoms with van der Waals surface area (Å²) in [6.45, 7) is 0.718. The molecular weight excluding hydrogens is 264 g/mol. The number of hydrogen-bond acceptors (Lipinski definition) is 3. The van der Waals surface area contributed by atoms with Crippen LogP contribution in [0.5, 0.6) is 0 Å². The van der Waals surface area contributed by atoms with Crippen molar-refractivity contribution in [1.82, 2.24) is 4.98 Å². The summed E-state index contributed by atoms with van der Waals surface area (Å²) in [5, 5.41) is 12.4. The van der Waals surface area contributed by atoms with Crippen LogP contribution in [-0.2, 0) is 6.42 Å². The zero-order chi connectivity index (χ0) is 13.7. The Kier molecular flexibility index (Phi) is 4.36. The van der Waals surface area contributed by atoms with E-state index < -0.39 is 5.97 Å². The number of carboxylic acids is 1. The fourth-order valence-electron chi connectivity index (χ4n) is 1.68. The lowest BCUT2D eigenvalue weighted by molar-refractivity contribution is 0.0697. The summed E-state index contributed by atoms with van der Waals surface area (Å²) < 4.78 is 0. The average molecular weight is 277 g/mol. The number of benzene rings is 1. The summed E-state index contributed by atoms with van der Waals surface area (Å²) in [4.78, 5) is 14.7. The van der Waals surface area contributed by atoms with Crippen LogP contribution in [0.4, 0.5) is 5.69 Å². The largest absolute Gasteiger partial charge is 0.478 e. The van der Waals surface area contributed by atoms with Gasteiger partial charge in [0.25, 0.3) is 0 Å². The van der Waals surface area contributed by atoms with Gasteiger partial charge in [-0.05, 0) is 42.3 Å². The van der Waals surface area contributed by atoms with Crippen molar-refractivity contribution < 1.29 is 9.90 Å². The highest BCUT2D eigenvalue weighted by atomic mass is 35.5. The van der Waals surface area contributed by atoms with E-state index >= 15 is 0 Å². The van der Waals surface area contributed by atoms with Crippen molar-refractivity contribution in [3.05, 3.63) is 58.9 Å². The molecule has 0 radical (unpaired) electrons. The van der Waals surface area contributed by atoms with Crippen molar-refractivity contribution in [2.75, 3.05) is 11.9 Å². The van der Waals surface area contributed by atoms with Crippen LogP contribution in [0, 0.1) is 0 Å². The van der Waals surface area contributed by atoms with E-state index in [1.165, 1.54) is 17.7 Å². The second kappa shape index (κ2) is 6.20. The highest BCUT2D eigenvalue weighted by molar-refractivity contribution is 6.33. The summed E-state index contributed by atoms with van der Waals surface area (Å²) in [5.74, 6) is -0.981. The monoisotopic (exact) mass is 276 g/mol. The van der Waals surface area contributed by atoms with E-state index in [4.69, 9.17) is 16.7 Å². The Morgan fingerprint density at radius 3 is 2.63 bits per heavy atom. The molecule has 0 aliphatic carbocycles. The lowest BCUT2D eigenvalue weighted by atomic mass is 10.2. The van der Waals surface area contributed by atoms with Gasteiger partial charge in [-0.25, -0.2) is 4.79 Å². The Balaban J connectivity index is 1.95. The molecule has 0 atom stereocenters. The van der Waals surface area contributed by atoms with Crippen molar-refractivity contribution in [3.63, 3.8) is 0 Å². The van der Waals surface area contributed by atoms with Gasteiger partial charge in [0.05, 0.1) is 16.3 Å². The van der Waals surface area contributed by atoms with Gasteiger partial charge in [0.1, 0.15) is 0 Å². The molecule has 1 aromatic carbocycles. The first-order chi connectivity index (χ1) is 9.16. The van der Waals surface area contributed by atoms with Crippen LogP contribution in [0.1, 0.15) is 15.9 Å². The Morgan fingerprint density at radius 1 is 1.26 bits per heavy atom. The lowest BCUT2D eigenvalue weighted by Gasteiger charge is -2.09. The molecule has 0 aliphatic rings. The molecule has 19 heavy (non-hydrogen) atoms. The number of rotatable bonds is 5. The average Bonchev–Trinajstić information content (AvgIpc) is 2.41. The van der Waals surface area contributed by atoms with Gasteiger partial charge >= 0.3 is 5.97 Å². The third-order valence-electron chi connectivity index (χ3n) is 2.69. The molecule has 0 unspecified atom stereocenters. The summed E-state index contributed by atoms with van der Waals surface area (Å²) in [5.41, 5.74) is 2.10. The van der Waals surface area contributed by atoms with Crippen LogP contribution < -0.4 is 5.32 Å². The minimum atomic E-state index is -0.981. The van der Waals surface area contributed by atoms with E-state index in [2.05, 4.69) is 10.3 Å². The van der Waals surface area contributed by atoms with Crippen LogP contribution >= 0.6 is 11.6 Å². The first-order valence-electron chi connectivity index (χ1n) is 5.82. The van der Waals surface area contributed by atoms with Crippen LogP contribution in [0.2, 0.25) is 5.02 Å². The molecular formula is C14H13ClN2O2. The minimum absolute atomic E-state index is 0.185. The number of nitrogens with one attached hydrogen (secondary N) is 1. The van der Waals surface area contributed by atoms with Crippen molar-refractivity contribution >= 4 is 23.3 Å². The summed E-state index contributed by atoms with van der Waals surface area (Å²) in [6, 6.07) is 8.56. The molecule has 0 aliphatic heterocycles. The number of carboxylic acid groups (broad SMARTS) is 1. The minimum Gasteiger partial charge on any atom is -0.478 e. The number of anilines is 1. The standard InChI is InChI=1S/C14H13ClN2O2/c15-12-9-11(14(18)19)1-2-13(12)17-8-5-10-3-6-16-7-4-10/h1-4,6-7,9,17H,5,8H2,(H,18,19).